The average molecular weight is 365 g/mol. The minimum atomic E-state index is -0.0522. The first-order valence-corrected chi connectivity index (χ1v) is 9.22. The molecule has 2 heterocycles. The van der Waals surface area contributed by atoms with E-state index < -0.39 is 0 Å². The van der Waals surface area contributed by atoms with Crippen molar-refractivity contribution in [2.24, 2.45) is 0 Å². The number of hydrogen-bond donors (Lipinski definition) is 3. The maximum Gasteiger partial charge on any atom is 0.251 e. The molecule has 8 heteroatoms. The number of aromatic nitrogens is 4. The van der Waals surface area contributed by atoms with Crippen LogP contribution in [0.3, 0.4) is 0 Å². The van der Waals surface area contributed by atoms with Gasteiger partial charge in [-0.05, 0) is 43.9 Å². The van der Waals surface area contributed by atoms with E-state index in [0.29, 0.717) is 23.1 Å². The van der Waals surface area contributed by atoms with Gasteiger partial charge in [0.05, 0.1) is 11.6 Å². The summed E-state index contributed by atoms with van der Waals surface area (Å²) in [6.07, 6.45) is 4.80. The van der Waals surface area contributed by atoms with Gasteiger partial charge in [-0.2, -0.15) is 15.1 Å². The van der Waals surface area contributed by atoms with Gasteiger partial charge in [-0.3, -0.25) is 4.79 Å². The molecule has 0 bridgehead atoms. The highest BCUT2D eigenvalue weighted by atomic mass is 16.1. The number of benzene rings is 1. The predicted octanol–water partition coefficient (Wildman–Crippen LogP) is 2.76. The number of rotatable bonds is 6. The molecule has 1 amide bonds. The van der Waals surface area contributed by atoms with E-state index >= 15 is 0 Å². The Kier molecular flexibility index (Phi) is 4.39. The lowest BCUT2D eigenvalue weighted by atomic mass is 10.1. The fourth-order valence-electron chi connectivity index (χ4n) is 2.96. The van der Waals surface area contributed by atoms with Gasteiger partial charge in [0.1, 0.15) is 5.82 Å². The molecule has 4 N–H and O–H groups in total. The molecule has 0 saturated heterocycles. The van der Waals surface area contributed by atoms with Crippen LogP contribution in [-0.4, -0.2) is 31.7 Å². The number of nitrogen functional groups attached to an aromatic ring is 1. The van der Waals surface area contributed by atoms with Crippen molar-refractivity contribution in [3.8, 4) is 0 Å². The second-order valence-electron chi connectivity index (χ2n) is 6.94. The van der Waals surface area contributed by atoms with Gasteiger partial charge < -0.3 is 16.4 Å². The summed E-state index contributed by atoms with van der Waals surface area (Å²) >= 11 is 0. The van der Waals surface area contributed by atoms with Crippen molar-refractivity contribution in [1.29, 1.82) is 0 Å². The van der Waals surface area contributed by atoms with Gasteiger partial charge in [-0.25, -0.2) is 4.68 Å². The predicted molar refractivity (Wildman–Crippen MR) is 105 cm³/mol. The van der Waals surface area contributed by atoms with Crippen LogP contribution in [0.1, 0.15) is 42.1 Å². The van der Waals surface area contributed by atoms with Gasteiger partial charge >= 0.3 is 0 Å². The monoisotopic (exact) mass is 365 g/mol. The molecule has 0 spiro atoms. The van der Waals surface area contributed by atoms with E-state index in [9.17, 15) is 4.79 Å². The summed E-state index contributed by atoms with van der Waals surface area (Å²) in [6.45, 7) is 4.82. The Balaban J connectivity index is 1.68. The van der Waals surface area contributed by atoms with E-state index in [0.717, 1.165) is 42.4 Å². The van der Waals surface area contributed by atoms with Crippen LogP contribution < -0.4 is 16.4 Å². The molecule has 0 atom stereocenters. The lowest BCUT2D eigenvalue weighted by Crippen LogP contribution is -2.25. The van der Waals surface area contributed by atoms with E-state index in [1.165, 1.54) is 0 Å². The summed E-state index contributed by atoms with van der Waals surface area (Å²) in [7, 11) is 0. The van der Waals surface area contributed by atoms with Crippen molar-refractivity contribution >= 4 is 34.4 Å². The fourth-order valence-corrected chi connectivity index (χ4v) is 2.96. The smallest absolute Gasteiger partial charge is 0.251 e. The van der Waals surface area contributed by atoms with Crippen LogP contribution in [0.25, 0.3) is 11.0 Å². The standard InChI is InChI=1S/C19H23N7O/c1-3-8-26-17-14(10-21-26)16(24-19(20)25-17)23-15-9-12(5-4-11(15)2)18(27)22-13-6-7-13/h4-5,9-10,13H,3,6-8H2,1-2H3,(H,22,27)(H3,20,23,24,25). The zero-order chi connectivity index (χ0) is 19.0. The first kappa shape index (κ1) is 17.3. The number of nitrogens with one attached hydrogen (secondary N) is 2. The number of nitrogens with zero attached hydrogens (tertiary/aromatic N) is 4. The molecule has 1 saturated carbocycles. The molecule has 1 fully saturated rings. The third-order valence-electron chi connectivity index (χ3n) is 4.61. The number of aryl methyl sites for hydroxylation is 2. The normalized spacial score (nSPS) is 13.7. The van der Waals surface area contributed by atoms with Crippen molar-refractivity contribution < 1.29 is 4.79 Å². The Morgan fingerprint density at radius 1 is 1.33 bits per heavy atom. The summed E-state index contributed by atoms with van der Waals surface area (Å²) in [6, 6.07) is 5.92. The lowest BCUT2D eigenvalue weighted by Gasteiger charge is -2.12. The summed E-state index contributed by atoms with van der Waals surface area (Å²) in [5.41, 5.74) is 9.04. The highest BCUT2D eigenvalue weighted by molar-refractivity contribution is 5.96. The second-order valence-corrected chi connectivity index (χ2v) is 6.94. The molecule has 0 radical (unpaired) electrons. The molecular weight excluding hydrogens is 342 g/mol. The van der Waals surface area contributed by atoms with Gasteiger partial charge in [0.15, 0.2) is 5.65 Å². The highest BCUT2D eigenvalue weighted by Crippen LogP contribution is 2.27. The van der Waals surface area contributed by atoms with E-state index in [1.54, 1.807) is 6.20 Å². The highest BCUT2D eigenvalue weighted by Gasteiger charge is 2.24. The van der Waals surface area contributed by atoms with E-state index in [1.807, 2.05) is 29.8 Å². The molecule has 140 valence electrons. The molecule has 4 rings (SSSR count). The summed E-state index contributed by atoms with van der Waals surface area (Å²) in [5.74, 6) is 0.717. The lowest BCUT2D eigenvalue weighted by molar-refractivity contribution is 0.0951. The Morgan fingerprint density at radius 2 is 2.15 bits per heavy atom. The second kappa shape index (κ2) is 6.86. The zero-order valence-corrected chi connectivity index (χ0v) is 15.5. The van der Waals surface area contributed by atoms with Crippen molar-refractivity contribution in [2.75, 3.05) is 11.1 Å². The molecule has 0 aliphatic heterocycles. The van der Waals surface area contributed by atoms with Crippen molar-refractivity contribution in [1.82, 2.24) is 25.1 Å². The largest absolute Gasteiger partial charge is 0.368 e. The van der Waals surface area contributed by atoms with Crippen LogP contribution in [0.4, 0.5) is 17.5 Å². The third-order valence-corrected chi connectivity index (χ3v) is 4.61. The van der Waals surface area contributed by atoms with Crippen LogP contribution in [0, 0.1) is 6.92 Å². The SMILES string of the molecule is CCCn1ncc2c(Nc3cc(C(=O)NC4CC4)ccc3C)nc(N)nc21. The van der Waals surface area contributed by atoms with E-state index in [2.05, 4.69) is 32.6 Å². The Labute approximate surface area is 157 Å². The number of amides is 1. The Hall–Kier alpha value is -3.16. The van der Waals surface area contributed by atoms with Crippen LogP contribution >= 0.6 is 0 Å². The number of anilines is 3. The molecule has 0 unspecified atom stereocenters. The Bertz CT molecular complexity index is 1010. The minimum absolute atomic E-state index is 0.0522. The zero-order valence-electron chi connectivity index (χ0n) is 15.5. The maximum absolute atomic E-state index is 12.4. The van der Waals surface area contributed by atoms with Crippen molar-refractivity contribution in [2.45, 2.75) is 45.7 Å². The quantitative estimate of drug-likeness (QED) is 0.619. The number of fused-ring (bicyclic) bond motifs is 1. The number of nitrogens with two attached hydrogens (primary N) is 1. The first-order valence-electron chi connectivity index (χ1n) is 9.22. The molecule has 2 aromatic heterocycles. The first-order chi connectivity index (χ1) is 13.0. The van der Waals surface area contributed by atoms with Crippen molar-refractivity contribution in [3.05, 3.63) is 35.5 Å². The molecule has 8 nitrogen and oxygen atoms in total. The van der Waals surface area contributed by atoms with Crippen LogP contribution in [0.5, 0.6) is 0 Å². The number of carbonyl (C=O) groups is 1. The van der Waals surface area contributed by atoms with Crippen LogP contribution in [0.2, 0.25) is 0 Å². The van der Waals surface area contributed by atoms with E-state index in [-0.39, 0.29) is 11.9 Å². The molecule has 1 aromatic carbocycles. The number of carbonyl (C=O) groups excluding carboxylic acids is 1. The molecule has 1 aliphatic carbocycles. The average Bonchev–Trinajstić information content (AvgIpc) is 3.36. The van der Waals surface area contributed by atoms with Crippen molar-refractivity contribution in [3.63, 3.8) is 0 Å². The topological polar surface area (TPSA) is 111 Å². The van der Waals surface area contributed by atoms with Crippen LogP contribution in [-0.2, 0) is 6.54 Å². The molecule has 3 aromatic rings. The van der Waals surface area contributed by atoms with Gasteiger partial charge in [-0.1, -0.05) is 13.0 Å². The summed E-state index contributed by atoms with van der Waals surface area (Å²) in [5, 5.41) is 11.5. The minimum Gasteiger partial charge on any atom is -0.368 e. The van der Waals surface area contributed by atoms with Crippen LogP contribution in [0.15, 0.2) is 24.4 Å². The fraction of sp³-hybridized carbons (Fsp3) is 0.368. The third kappa shape index (κ3) is 3.55. The van der Waals surface area contributed by atoms with Gasteiger partial charge in [0.2, 0.25) is 5.95 Å². The number of hydrogen-bond acceptors (Lipinski definition) is 6. The molecule has 1 aliphatic rings. The molecular formula is C19H23N7O. The van der Waals surface area contributed by atoms with Gasteiger partial charge in [-0.15, -0.1) is 0 Å². The summed E-state index contributed by atoms with van der Waals surface area (Å²) in [4.78, 5) is 21.0. The molecule has 27 heavy (non-hydrogen) atoms. The van der Waals surface area contributed by atoms with Gasteiger partial charge in [0, 0.05) is 23.8 Å². The summed E-state index contributed by atoms with van der Waals surface area (Å²) < 4.78 is 1.82. The maximum atomic E-state index is 12.4. The van der Waals surface area contributed by atoms with Gasteiger partial charge in [0.25, 0.3) is 5.91 Å². The van der Waals surface area contributed by atoms with E-state index in [4.69, 9.17) is 5.73 Å². The Morgan fingerprint density at radius 3 is 2.89 bits per heavy atom.